The molecular formula is C11H15N3OS. The van der Waals surface area contributed by atoms with Crippen molar-refractivity contribution in [3.05, 3.63) is 34.1 Å². The third-order valence-corrected chi connectivity index (χ3v) is 3.00. The molecule has 5 heteroatoms. The maximum absolute atomic E-state index is 5.14. The number of nitrogens with one attached hydrogen (secondary N) is 1. The fraction of sp³-hybridized carbons (Fsp3) is 0.455. The number of rotatable bonds is 6. The Balaban J connectivity index is 1.87. The van der Waals surface area contributed by atoms with Crippen LogP contribution in [0, 0.1) is 0 Å². The molecule has 0 spiro atoms. The SMILES string of the molecule is CCCNCc1nc(Cc2cccs2)no1. The molecule has 0 radical (unpaired) electrons. The summed E-state index contributed by atoms with van der Waals surface area (Å²) < 4.78 is 5.14. The number of thiophene rings is 1. The monoisotopic (exact) mass is 237 g/mol. The molecule has 0 aliphatic rings. The number of nitrogens with zero attached hydrogens (tertiary/aromatic N) is 2. The summed E-state index contributed by atoms with van der Waals surface area (Å²) in [5.74, 6) is 1.43. The highest BCUT2D eigenvalue weighted by Crippen LogP contribution is 2.12. The molecule has 0 amide bonds. The number of aromatic nitrogens is 2. The zero-order valence-electron chi connectivity index (χ0n) is 9.27. The van der Waals surface area contributed by atoms with E-state index in [0.29, 0.717) is 12.4 Å². The van der Waals surface area contributed by atoms with Crippen LogP contribution in [0.15, 0.2) is 22.0 Å². The highest BCUT2D eigenvalue weighted by Gasteiger charge is 2.06. The standard InChI is InChI=1S/C11H15N3OS/c1-2-5-12-8-11-13-10(14-15-11)7-9-4-3-6-16-9/h3-4,6,12H,2,5,7-8H2,1H3. The third-order valence-electron chi connectivity index (χ3n) is 2.13. The van der Waals surface area contributed by atoms with Crippen LogP contribution >= 0.6 is 11.3 Å². The van der Waals surface area contributed by atoms with Gasteiger partial charge < -0.3 is 9.84 Å². The lowest BCUT2D eigenvalue weighted by Crippen LogP contribution is -2.13. The largest absolute Gasteiger partial charge is 0.338 e. The smallest absolute Gasteiger partial charge is 0.240 e. The first-order valence-corrected chi connectivity index (χ1v) is 6.31. The topological polar surface area (TPSA) is 51.0 Å². The fourth-order valence-corrected chi connectivity index (χ4v) is 2.08. The molecule has 2 rings (SSSR count). The minimum atomic E-state index is 0.658. The van der Waals surface area contributed by atoms with E-state index in [2.05, 4.69) is 33.8 Å². The second-order valence-electron chi connectivity index (χ2n) is 3.54. The van der Waals surface area contributed by atoms with Crippen LogP contribution in [0.25, 0.3) is 0 Å². The summed E-state index contributed by atoms with van der Waals surface area (Å²) in [7, 11) is 0. The second kappa shape index (κ2) is 5.77. The van der Waals surface area contributed by atoms with E-state index in [1.807, 2.05) is 6.07 Å². The Morgan fingerprint density at radius 3 is 3.19 bits per heavy atom. The molecule has 86 valence electrons. The van der Waals surface area contributed by atoms with E-state index >= 15 is 0 Å². The first-order chi connectivity index (χ1) is 7.88. The zero-order valence-corrected chi connectivity index (χ0v) is 10.1. The molecule has 0 aliphatic carbocycles. The van der Waals surface area contributed by atoms with Crippen LogP contribution < -0.4 is 5.32 Å². The minimum Gasteiger partial charge on any atom is -0.338 e. The molecule has 0 unspecified atom stereocenters. The summed E-state index contributed by atoms with van der Waals surface area (Å²) in [5, 5.41) is 9.23. The Morgan fingerprint density at radius 1 is 1.50 bits per heavy atom. The average molecular weight is 237 g/mol. The molecule has 2 aromatic rings. The van der Waals surface area contributed by atoms with E-state index in [4.69, 9.17) is 4.52 Å². The highest BCUT2D eigenvalue weighted by atomic mass is 32.1. The van der Waals surface area contributed by atoms with Gasteiger partial charge in [0.25, 0.3) is 0 Å². The predicted octanol–water partition coefficient (Wildman–Crippen LogP) is 2.22. The van der Waals surface area contributed by atoms with Crippen molar-refractivity contribution in [2.24, 2.45) is 0 Å². The summed E-state index contributed by atoms with van der Waals surface area (Å²) in [6, 6.07) is 4.11. The molecule has 0 saturated heterocycles. The van der Waals surface area contributed by atoms with E-state index < -0.39 is 0 Å². The number of hydrogen-bond acceptors (Lipinski definition) is 5. The van der Waals surface area contributed by atoms with Crippen molar-refractivity contribution in [1.29, 1.82) is 0 Å². The van der Waals surface area contributed by atoms with Crippen molar-refractivity contribution >= 4 is 11.3 Å². The third kappa shape index (κ3) is 3.15. The lowest BCUT2D eigenvalue weighted by Gasteiger charge is -1.95. The van der Waals surface area contributed by atoms with Gasteiger partial charge in [0.1, 0.15) is 0 Å². The Bertz CT molecular complexity index is 411. The van der Waals surface area contributed by atoms with Crippen LogP contribution in [0.2, 0.25) is 0 Å². The van der Waals surface area contributed by atoms with Gasteiger partial charge >= 0.3 is 0 Å². The van der Waals surface area contributed by atoms with Crippen molar-refractivity contribution < 1.29 is 4.52 Å². The normalized spacial score (nSPS) is 10.8. The molecule has 0 saturated carbocycles. The molecule has 0 fully saturated rings. The van der Waals surface area contributed by atoms with Gasteiger partial charge in [-0.1, -0.05) is 18.1 Å². The maximum atomic E-state index is 5.14. The van der Waals surface area contributed by atoms with Crippen molar-refractivity contribution in [2.75, 3.05) is 6.54 Å². The van der Waals surface area contributed by atoms with E-state index in [1.165, 1.54) is 4.88 Å². The molecule has 2 aromatic heterocycles. The van der Waals surface area contributed by atoms with Crippen molar-refractivity contribution in [2.45, 2.75) is 26.3 Å². The molecule has 2 heterocycles. The van der Waals surface area contributed by atoms with Gasteiger partial charge in [-0.25, -0.2) is 0 Å². The Hall–Kier alpha value is -1.20. The van der Waals surface area contributed by atoms with Crippen LogP contribution in [0.1, 0.15) is 29.9 Å². The van der Waals surface area contributed by atoms with Gasteiger partial charge in [0, 0.05) is 11.3 Å². The quantitative estimate of drug-likeness (QED) is 0.783. The molecular weight excluding hydrogens is 222 g/mol. The summed E-state index contributed by atoms with van der Waals surface area (Å²) in [4.78, 5) is 5.58. The number of hydrogen-bond donors (Lipinski definition) is 1. The average Bonchev–Trinajstić information content (AvgIpc) is 2.91. The first-order valence-electron chi connectivity index (χ1n) is 5.43. The Kier molecular flexibility index (Phi) is 4.07. The van der Waals surface area contributed by atoms with Gasteiger partial charge in [-0.15, -0.1) is 11.3 Å². The van der Waals surface area contributed by atoms with Crippen molar-refractivity contribution in [1.82, 2.24) is 15.5 Å². The van der Waals surface area contributed by atoms with Gasteiger partial charge in [0.05, 0.1) is 6.54 Å². The highest BCUT2D eigenvalue weighted by molar-refractivity contribution is 7.09. The van der Waals surface area contributed by atoms with Crippen LogP contribution in [0.3, 0.4) is 0 Å². The summed E-state index contributed by atoms with van der Waals surface area (Å²) >= 11 is 1.71. The van der Waals surface area contributed by atoms with Gasteiger partial charge in [0.15, 0.2) is 5.82 Å². The van der Waals surface area contributed by atoms with Crippen molar-refractivity contribution in [3.8, 4) is 0 Å². The lowest BCUT2D eigenvalue weighted by atomic mass is 10.3. The van der Waals surface area contributed by atoms with Crippen molar-refractivity contribution in [3.63, 3.8) is 0 Å². The van der Waals surface area contributed by atoms with E-state index in [1.54, 1.807) is 11.3 Å². The first kappa shape index (κ1) is 11.3. The molecule has 16 heavy (non-hydrogen) atoms. The van der Waals surface area contributed by atoms with E-state index in [0.717, 1.165) is 25.2 Å². The second-order valence-corrected chi connectivity index (χ2v) is 4.57. The maximum Gasteiger partial charge on any atom is 0.240 e. The van der Waals surface area contributed by atoms with Gasteiger partial charge in [-0.2, -0.15) is 4.98 Å². The van der Waals surface area contributed by atoms with Crippen LogP contribution in [0.4, 0.5) is 0 Å². The van der Waals surface area contributed by atoms with Gasteiger partial charge in [-0.05, 0) is 24.4 Å². The molecule has 1 N–H and O–H groups in total. The molecule has 0 atom stereocenters. The van der Waals surface area contributed by atoms with Crippen LogP contribution in [0.5, 0.6) is 0 Å². The molecule has 0 aliphatic heterocycles. The Morgan fingerprint density at radius 2 is 2.44 bits per heavy atom. The van der Waals surface area contributed by atoms with Gasteiger partial charge in [-0.3, -0.25) is 0 Å². The predicted molar refractivity (Wildman–Crippen MR) is 63.4 cm³/mol. The van der Waals surface area contributed by atoms with Crippen LogP contribution in [-0.4, -0.2) is 16.7 Å². The minimum absolute atomic E-state index is 0.658. The molecule has 4 nitrogen and oxygen atoms in total. The summed E-state index contributed by atoms with van der Waals surface area (Å²) in [5.41, 5.74) is 0. The summed E-state index contributed by atoms with van der Waals surface area (Å²) in [6.07, 6.45) is 1.87. The molecule has 0 bridgehead atoms. The van der Waals surface area contributed by atoms with E-state index in [9.17, 15) is 0 Å². The summed E-state index contributed by atoms with van der Waals surface area (Å²) in [6.45, 7) is 3.76. The van der Waals surface area contributed by atoms with E-state index in [-0.39, 0.29) is 0 Å². The van der Waals surface area contributed by atoms with Gasteiger partial charge in [0.2, 0.25) is 5.89 Å². The fourth-order valence-electron chi connectivity index (χ4n) is 1.37. The molecule has 0 aromatic carbocycles. The van der Waals surface area contributed by atoms with Crippen LogP contribution in [-0.2, 0) is 13.0 Å². The lowest BCUT2D eigenvalue weighted by molar-refractivity contribution is 0.363. The zero-order chi connectivity index (χ0) is 11.2. The Labute approximate surface area is 98.7 Å².